The highest BCUT2D eigenvalue weighted by Crippen LogP contribution is 2.26. The first-order valence-corrected chi connectivity index (χ1v) is 6.69. The third kappa shape index (κ3) is 2.59. The predicted molar refractivity (Wildman–Crippen MR) is 76.8 cm³/mol. The lowest BCUT2D eigenvalue weighted by molar-refractivity contribution is 0.680. The predicted octanol–water partition coefficient (Wildman–Crippen LogP) is 2.76. The minimum absolute atomic E-state index is 0.328. The molecule has 0 saturated carbocycles. The molecule has 5 heteroatoms. The zero-order valence-electron chi connectivity index (χ0n) is 12.0. The minimum Gasteiger partial charge on any atom is -0.383 e. The largest absolute Gasteiger partial charge is 0.383 e. The van der Waals surface area contributed by atoms with E-state index in [2.05, 4.69) is 40.3 Å². The Morgan fingerprint density at radius 3 is 2.63 bits per heavy atom. The van der Waals surface area contributed by atoms with Crippen LogP contribution in [0.4, 0.5) is 5.82 Å². The summed E-state index contributed by atoms with van der Waals surface area (Å²) in [6.45, 7) is 9.22. The summed E-state index contributed by atoms with van der Waals surface area (Å²) in [5, 5.41) is 0. The Morgan fingerprint density at radius 1 is 1.32 bits per heavy atom. The number of nitrogen functional groups attached to an aromatic ring is 1. The number of nitrogens with zero attached hydrogens (tertiary/aromatic N) is 4. The summed E-state index contributed by atoms with van der Waals surface area (Å²) in [6, 6.07) is 0. The van der Waals surface area contributed by atoms with Gasteiger partial charge < -0.3 is 10.3 Å². The van der Waals surface area contributed by atoms with E-state index in [1.807, 2.05) is 13.3 Å². The standard InChI is InChI=1S/C14H21N5/c1-5-6-19-8-16-7-11(19)14-17-10(4)12(9(2)3)13(15)18-14/h7-9H,5-6H2,1-4H3,(H2,15,17,18). The van der Waals surface area contributed by atoms with Crippen molar-refractivity contribution in [1.82, 2.24) is 19.5 Å². The average Bonchev–Trinajstić information content (AvgIpc) is 2.76. The van der Waals surface area contributed by atoms with E-state index < -0.39 is 0 Å². The number of hydrogen-bond acceptors (Lipinski definition) is 4. The molecule has 0 radical (unpaired) electrons. The summed E-state index contributed by atoms with van der Waals surface area (Å²) in [5.74, 6) is 1.56. The smallest absolute Gasteiger partial charge is 0.180 e. The van der Waals surface area contributed by atoms with Gasteiger partial charge in [-0.3, -0.25) is 0 Å². The fraction of sp³-hybridized carbons (Fsp3) is 0.500. The van der Waals surface area contributed by atoms with Gasteiger partial charge in [0.2, 0.25) is 0 Å². The Morgan fingerprint density at radius 2 is 2.05 bits per heavy atom. The molecule has 0 unspecified atom stereocenters. The van der Waals surface area contributed by atoms with E-state index in [9.17, 15) is 0 Å². The molecule has 0 saturated heterocycles. The molecular formula is C14H21N5. The Balaban J connectivity index is 2.49. The molecule has 0 amide bonds. The Bertz CT molecular complexity index is 548. The van der Waals surface area contributed by atoms with E-state index in [0.29, 0.717) is 17.6 Å². The molecule has 0 aliphatic rings. The summed E-state index contributed by atoms with van der Waals surface area (Å²) in [6.07, 6.45) is 4.64. The molecule has 5 nitrogen and oxygen atoms in total. The molecule has 2 aromatic rings. The summed E-state index contributed by atoms with van der Waals surface area (Å²) in [4.78, 5) is 13.2. The highest BCUT2D eigenvalue weighted by atomic mass is 15.1. The molecule has 0 aliphatic heterocycles. The van der Waals surface area contributed by atoms with Crippen LogP contribution < -0.4 is 5.73 Å². The Labute approximate surface area is 113 Å². The van der Waals surface area contributed by atoms with E-state index in [0.717, 1.165) is 29.9 Å². The van der Waals surface area contributed by atoms with E-state index >= 15 is 0 Å². The van der Waals surface area contributed by atoms with Crippen molar-refractivity contribution in [3.8, 4) is 11.5 Å². The molecule has 102 valence electrons. The quantitative estimate of drug-likeness (QED) is 0.916. The van der Waals surface area contributed by atoms with Gasteiger partial charge in [-0.1, -0.05) is 20.8 Å². The fourth-order valence-electron chi connectivity index (χ4n) is 2.36. The fourth-order valence-corrected chi connectivity index (χ4v) is 2.36. The van der Waals surface area contributed by atoms with Crippen LogP contribution in [0, 0.1) is 6.92 Å². The topological polar surface area (TPSA) is 69.6 Å². The van der Waals surface area contributed by atoms with Crippen LogP contribution in [0.2, 0.25) is 0 Å². The van der Waals surface area contributed by atoms with E-state index in [4.69, 9.17) is 5.73 Å². The molecule has 0 fully saturated rings. The van der Waals surface area contributed by atoms with Gasteiger partial charge in [-0.05, 0) is 19.3 Å². The lowest BCUT2D eigenvalue weighted by Crippen LogP contribution is -2.08. The van der Waals surface area contributed by atoms with E-state index in [1.54, 1.807) is 6.20 Å². The van der Waals surface area contributed by atoms with Gasteiger partial charge >= 0.3 is 0 Å². The molecule has 2 aromatic heterocycles. The summed E-state index contributed by atoms with van der Waals surface area (Å²) in [5.41, 5.74) is 8.97. The molecule has 19 heavy (non-hydrogen) atoms. The maximum atomic E-state index is 6.07. The summed E-state index contributed by atoms with van der Waals surface area (Å²) in [7, 11) is 0. The minimum atomic E-state index is 0.328. The molecule has 2 rings (SSSR count). The molecule has 0 spiro atoms. The van der Waals surface area contributed by atoms with Gasteiger partial charge in [0.1, 0.15) is 11.5 Å². The van der Waals surface area contributed by atoms with Crippen LogP contribution in [-0.2, 0) is 6.54 Å². The highest BCUT2D eigenvalue weighted by Gasteiger charge is 2.15. The molecule has 2 heterocycles. The first-order valence-electron chi connectivity index (χ1n) is 6.69. The molecule has 0 atom stereocenters. The van der Waals surface area contributed by atoms with E-state index in [1.165, 1.54) is 0 Å². The summed E-state index contributed by atoms with van der Waals surface area (Å²) < 4.78 is 2.06. The Kier molecular flexibility index (Phi) is 3.83. The molecular weight excluding hydrogens is 238 g/mol. The highest BCUT2D eigenvalue weighted by molar-refractivity contribution is 5.55. The van der Waals surface area contributed by atoms with Gasteiger partial charge in [-0.25, -0.2) is 15.0 Å². The van der Waals surface area contributed by atoms with Crippen LogP contribution in [0.3, 0.4) is 0 Å². The zero-order chi connectivity index (χ0) is 14.0. The number of rotatable bonds is 4. The van der Waals surface area contributed by atoms with Crippen LogP contribution >= 0.6 is 0 Å². The molecule has 2 N–H and O–H groups in total. The van der Waals surface area contributed by atoms with Gasteiger partial charge in [-0.15, -0.1) is 0 Å². The monoisotopic (exact) mass is 259 g/mol. The van der Waals surface area contributed by atoms with Crippen LogP contribution in [-0.4, -0.2) is 19.5 Å². The normalized spacial score (nSPS) is 11.2. The van der Waals surface area contributed by atoms with Crippen molar-refractivity contribution >= 4 is 5.82 Å². The number of nitrogens with two attached hydrogens (primary N) is 1. The van der Waals surface area contributed by atoms with Crippen molar-refractivity contribution in [1.29, 1.82) is 0 Å². The number of hydrogen-bond donors (Lipinski definition) is 1. The number of aromatic nitrogens is 4. The van der Waals surface area contributed by atoms with Crippen LogP contribution in [0.25, 0.3) is 11.5 Å². The molecule has 0 bridgehead atoms. The first kappa shape index (κ1) is 13.5. The first-order chi connectivity index (χ1) is 9.04. The second-order valence-electron chi connectivity index (χ2n) is 5.06. The van der Waals surface area contributed by atoms with Crippen LogP contribution in [0.5, 0.6) is 0 Å². The van der Waals surface area contributed by atoms with Crippen molar-refractivity contribution in [2.75, 3.05) is 5.73 Å². The van der Waals surface area contributed by atoms with Gasteiger partial charge in [0, 0.05) is 17.8 Å². The third-order valence-corrected chi connectivity index (χ3v) is 3.15. The van der Waals surface area contributed by atoms with Gasteiger partial charge in [0.05, 0.1) is 12.5 Å². The maximum Gasteiger partial charge on any atom is 0.180 e. The summed E-state index contributed by atoms with van der Waals surface area (Å²) >= 11 is 0. The van der Waals surface area contributed by atoms with Crippen LogP contribution in [0.1, 0.15) is 44.4 Å². The number of imidazole rings is 1. The third-order valence-electron chi connectivity index (χ3n) is 3.15. The van der Waals surface area contributed by atoms with Crippen molar-refractivity contribution < 1.29 is 0 Å². The van der Waals surface area contributed by atoms with Gasteiger partial charge in [0.15, 0.2) is 5.82 Å². The average molecular weight is 259 g/mol. The van der Waals surface area contributed by atoms with Crippen molar-refractivity contribution in [3.63, 3.8) is 0 Å². The maximum absolute atomic E-state index is 6.07. The number of aryl methyl sites for hydroxylation is 2. The van der Waals surface area contributed by atoms with Gasteiger partial charge in [-0.2, -0.15) is 0 Å². The molecule has 0 aliphatic carbocycles. The van der Waals surface area contributed by atoms with Crippen molar-refractivity contribution in [2.24, 2.45) is 0 Å². The lowest BCUT2D eigenvalue weighted by atomic mass is 10.0. The molecule has 0 aromatic carbocycles. The van der Waals surface area contributed by atoms with Gasteiger partial charge in [0.25, 0.3) is 0 Å². The second-order valence-corrected chi connectivity index (χ2v) is 5.06. The zero-order valence-corrected chi connectivity index (χ0v) is 12.0. The van der Waals surface area contributed by atoms with Crippen molar-refractivity contribution in [3.05, 3.63) is 23.8 Å². The van der Waals surface area contributed by atoms with Crippen LogP contribution in [0.15, 0.2) is 12.5 Å². The Hall–Kier alpha value is -1.91. The SMILES string of the molecule is CCCn1cncc1-c1nc(C)c(C(C)C)c(N)n1. The number of anilines is 1. The second kappa shape index (κ2) is 5.38. The van der Waals surface area contributed by atoms with Crippen molar-refractivity contribution in [2.45, 2.75) is 46.6 Å². The van der Waals surface area contributed by atoms with E-state index in [-0.39, 0.29) is 0 Å². The lowest BCUT2D eigenvalue weighted by Gasteiger charge is -2.13.